The Hall–Kier alpha value is -0.610. The van der Waals surface area contributed by atoms with Gasteiger partial charge in [0.2, 0.25) is 5.91 Å². The van der Waals surface area contributed by atoms with Crippen LogP contribution >= 0.6 is 0 Å². The summed E-state index contributed by atoms with van der Waals surface area (Å²) in [6, 6.07) is 0.424. The average Bonchev–Trinajstić information content (AvgIpc) is 2.04. The number of likely N-dealkylation sites (N-methyl/N-ethyl adjacent to an activating group) is 1. The third-order valence-electron chi connectivity index (χ3n) is 2.08. The Bertz CT molecular complexity index is 162. The summed E-state index contributed by atoms with van der Waals surface area (Å²) in [6.45, 7) is 3.70. The Morgan fingerprint density at radius 1 is 1.33 bits per heavy atom. The maximum atomic E-state index is 11.4. The molecule has 0 aliphatic carbocycles. The molecule has 70 valence electrons. The lowest BCUT2D eigenvalue weighted by molar-refractivity contribution is -0.131. The Morgan fingerprint density at radius 3 is 2.42 bits per heavy atom. The van der Waals surface area contributed by atoms with Crippen LogP contribution in [-0.2, 0) is 4.79 Å². The number of amides is 1. The van der Waals surface area contributed by atoms with Crippen molar-refractivity contribution in [3.8, 4) is 0 Å². The number of hydrogen-bond acceptors (Lipinski definition) is 3. The van der Waals surface area contributed by atoms with E-state index in [0.29, 0.717) is 6.04 Å². The highest BCUT2D eigenvalue weighted by molar-refractivity contribution is 5.81. The van der Waals surface area contributed by atoms with Gasteiger partial charge in [0.05, 0.1) is 6.04 Å². The molecule has 4 nitrogen and oxygen atoms in total. The van der Waals surface area contributed by atoms with Crippen LogP contribution in [-0.4, -0.2) is 50.1 Å². The van der Waals surface area contributed by atoms with Gasteiger partial charge in [-0.15, -0.1) is 0 Å². The maximum Gasteiger partial charge on any atom is 0.240 e. The minimum atomic E-state index is -0.0452. The zero-order valence-corrected chi connectivity index (χ0v) is 7.92. The number of carbonyl (C=O) groups excluding carboxylic acids is 1. The molecular formula is C8H17N3O. The van der Waals surface area contributed by atoms with Crippen LogP contribution in [0.3, 0.4) is 0 Å². The zero-order valence-electron chi connectivity index (χ0n) is 7.92. The van der Waals surface area contributed by atoms with Gasteiger partial charge in [-0.2, -0.15) is 0 Å². The van der Waals surface area contributed by atoms with Crippen LogP contribution in [0, 0.1) is 0 Å². The van der Waals surface area contributed by atoms with Crippen molar-refractivity contribution in [3.05, 3.63) is 0 Å². The number of nitrogens with zero attached hydrogens (tertiary/aromatic N) is 1. The molecule has 0 aromatic carbocycles. The van der Waals surface area contributed by atoms with Gasteiger partial charge in [0.1, 0.15) is 0 Å². The van der Waals surface area contributed by atoms with Crippen LogP contribution in [0.1, 0.15) is 6.92 Å². The number of hydrogen-bond donors (Lipinski definition) is 2. The minimum Gasteiger partial charge on any atom is -0.347 e. The first-order chi connectivity index (χ1) is 5.61. The van der Waals surface area contributed by atoms with Gasteiger partial charge in [-0.3, -0.25) is 4.79 Å². The van der Waals surface area contributed by atoms with E-state index < -0.39 is 0 Å². The summed E-state index contributed by atoms with van der Waals surface area (Å²) in [6.07, 6.45) is 0. The van der Waals surface area contributed by atoms with Crippen LogP contribution < -0.4 is 10.6 Å². The molecule has 4 heteroatoms. The molecule has 0 saturated carbocycles. The first-order valence-corrected chi connectivity index (χ1v) is 4.29. The third kappa shape index (κ3) is 2.19. The molecule has 1 aliphatic heterocycles. The van der Waals surface area contributed by atoms with E-state index in [1.54, 1.807) is 19.0 Å². The molecule has 1 fully saturated rings. The molecular weight excluding hydrogens is 154 g/mol. The molecule has 1 rings (SSSR count). The first kappa shape index (κ1) is 9.48. The molecule has 1 amide bonds. The first-order valence-electron chi connectivity index (χ1n) is 4.29. The van der Waals surface area contributed by atoms with Crippen molar-refractivity contribution in [2.45, 2.75) is 19.0 Å². The molecule has 12 heavy (non-hydrogen) atoms. The second kappa shape index (κ2) is 3.87. The van der Waals surface area contributed by atoms with E-state index in [2.05, 4.69) is 17.6 Å². The van der Waals surface area contributed by atoms with E-state index in [1.807, 2.05) is 0 Å². The van der Waals surface area contributed by atoms with Crippen LogP contribution in [0.4, 0.5) is 0 Å². The van der Waals surface area contributed by atoms with E-state index in [-0.39, 0.29) is 11.9 Å². The monoisotopic (exact) mass is 171 g/mol. The average molecular weight is 171 g/mol. The highest BCUT2D eigenvalue weighted by Crippen LogP contribution is 1.95. The lowest BCUT2D eigenvalue weighted by Gasteiger charge is -2.29. The molecule has 1 saturated heterocycles. The van der Waals surface area contributed by atoms with Gasteiger partial charge in [-0.25, -0.2) is 0 Å². The van der Waals surface area contributed by atoms with Crippen molar-refractivity contribution >= 4 is 5.91 Å². The molecule has 2 atom stereocenters. The quantitative estimate of drug-likeness (QED) is 0.533. The summed E-state index contributed by atoms with van der Waals surface area (Å²) < 4.78 is 0. The van der Waals surface area contributed by atoms with Gasteiger partial charge in [0.15, 0.2) is 0 Å². The van der Waals surface area contributed by atoms with E-state index in [0.717, 1.165) is 13.1 Å². The second-order valence-electron chi connectivity index (χ2n) is 3.50. The van der Waals surface area contributed by atoms with Crippen molar-refractivity contribution in [2.75, 3.05) is 27.2 Å². The zero-order chi connectivity index (χ0) is 9.14. The number of carbonyl (C=O) groups is 1. The van der Waals surface area contributed by atoms with Crippen molar-refractivity contribution in [3.63, 3.8) is 0 Å². The van der Waals surface area contributed by atoms with Gasteiger partial charge < -0.3 is 15.5 Å². The Labute approximate surface area is 73.3 Å². The molecule has 0 spiro atoms. The maximum absolute atomic E-state index is 11.4. The fraction of sp³-hybridized carbons (Fsp3) is 0.875. The molecule has 1 heterocycles. The Balaban J connectivity index is 2.39. The van der Waals surface area contributed by atoms with Crippen molar-refractivity contribution in [1.82, 2.24) is 15.5 Å². The summed E-state index contributed by atoms with van der Waals surface area (Å²) in [4.78, 5) is 13.0. The van der Waals surface area contributed by atoms with Crippen LogP contribution in [0.5, 0.6) is 0 Å². The van der Waals surface area contributed by atoms with E-state index in [9.17, 15) is 4.79 Å². The predicted molar refractivity (Wildman–Crippen MR) is 47.9 cm³/mol. The Kier molecular flexibility index (Phi) is 3.05. The summed E-state index contributed by atoms with van der Waals surface area (Å²) >= 11 is 0. The van der Waals surface area contributed by atoms with Gasteiger partial charge in [0, 0.05) is 33.2 Å². The smallest absolute Gasteiger partial charge is 0.240 e. The molecule has 0 bridgehead atoms. The lowest BCUT2D eigenvalue weighted by Crippen LogP contribution is -2.58. The molecule has 1 aliphatic rings. The fourth-order valence-electron chi connectivity index (χ4n) is 1.27. The SMILES string of the molecule is CC1CNC(C(=O)N(C)C)CN1. The van der Waals surface area contributed by atoms with E-state index >= 15 is 0 Å². The van der Waals surface area contributed by atoms with Crippen LogP contribution in [0.2, 0.25) is 0 Å². The van der Waals surface area contributed by atoms with Crippen LogP contribution in [0.25, 0.3) is 0 Å². The van der Waals surface area contributed by atoms with Gasteiger partial charge in [0.25, 0.3) is 0 Å². The number of piperazine rings is 1. The molecule has 0 radical (unpaired) electrons. The normalized spacial score (nSPS) is 29.9. The topological polar surface area (TPSA) is 44.4 Å². The summed E-state index contributed by atoms with van der Waals surface area (Å²) in [7, 11) is 3.56. The third-order valence-corrected chi connectivity index (χ3v) is 2.08. The standard InChI is InChI=1S/C8H17N3O/c1-6-4-10-7(5-9-6)8(12)11(2)3/h6-7,9-10H,4-5H2,1-3H3. The largest absolute Gasteiger partial charge is 0.347 e. The summed E-state index contributed by atoms with van der Waals surface area (Å²) in [5, 5.41) is 6.45. The summed E-state index contributed by atoms with van der Waals surface area (Å²) in [5.41, 5.74) is 0. The van der Waals surface area contributed by atoms with Gasteiger partial charge in [-0.05, 0) is 6.92 Å². The van der Waals surface area contributed by atoms with Crippen molar-refractivity contribution in [2.24, 2.45) is 0 Å². The van der Waals surface area contributed by atoms with Crippen molar-refractivity contribution < 1.29 is 4.79 Å². The summed E-state index contributed by atoms with van der Waals surface area (Å²) in [5.74, 6) is 0.148. The highest BCUT2D eigenvalue weighted by Gasteiger charge is 2.23. The number of rotatable bonds is 1. The minimum absolute atomic E-state index is 0.0452. The molecule has 2 unspecified atom stereocenters. The lowest BCUT2D eigenvalue weighted by atomic mass is 10.1. The Morgan fingerprint density at radius 2 is 2.00 bits per heavy atom. The molecule has 0 aromatic rings. The van der Waals surface area contributed by atoms with E-state index in [1.165, 1.54) is 0 Å². The number of nitrogens with one attached hydrogen (secondary N) is 2. The van der Waals surface area contributed by atoms with Crippen LogP contribution in [0.15, 0.2) is 0 Å². The predicted octanol–water partition coefficient (Wildman–Crippen LogP) is -0.975. The highest BCUT2D eigenvalue weighted by atomic mass is 16.2. The second-order valence-corrected chi connectivity index (χ2v) is 3.50. The van der Waals surface area contributed by atoms with Crippen molar-refractivity contribution in [1.29, 1.82) is 0 Å². The van der Waals surface area contributed by atoms with E-state index in [4.69, 9.17) is 0 Å². The molecule has 2 N–H and O–H groups in total. The van der Waals surface area contributed by atoms with Gasteiger partial charge >= 0.3 is 0 Å². The van der Waals surface area contributed by atoms with Gasteiger partial charge in [-0.1, -0.05) is 0 Å². The molecule has 0 aromatic heterocycles. The fourth-order valence-corrected chi connectivity index (χ4v) is 1.27.